The Kier molecular flexibility index (Phi) is 8.69. The number of carboxylic acid groups (broad SMARTS) is 1. The minimum absolute atomic E-state index is 0. The number of carbonyl (C=O) groups excluding carboxylic acids is 1. The van der Waals surface area contributed by atoms with Gasteiger partial charge in [-0.05, 0) is 18.4 Å². The Labute approximate surface area is 130 Å². The monoisotopic (exact) mass is 273 g/mol. The molecule has 1 rings (SSSR count). The number of rotatable bonds is 6. The quantitative estimate of drug-likeness (QED) is 0.765. The molecule has 0 aliphatic heterocycles. The van der Waals surface area contributed by atoms with Crippen molar-refractivity contribution in [1.29, 1.82) is 0 Å². The third-order valence-corrected chi connectivity index (χ3v) is 2.39. The number of nitrogens with one attached hydrogen (secondary N) is 1. The Morgan fingerprint density at radius 3 is 2.65 bits per heavy atom. The van der Waals surface area contributed by atoms with E-state index in [4.69, 9.17) is 9.84 Å². The summed E-state index contributed by atoms with van der Waals surface area (Å²) in [6.07, 6.45) is 2.82. The summed E-state index contributed by atoms with van der Waals surface area (Å²) in [5.74, 6) is -0.897. The van der Waals surface area contributed by atoms with E-state index in [2.05, 4.69) is 10.3 Å². The second-order valence-electron chi connectivity index (χ2n) is 4.60. The third-order valence-electron chi connectivity index (χ3n) is 2.39. The summed E-state index contributed by atoms with van der Waals surface area (Å²) in [6, 6.07) is 2.57. The first-order chi connectivity index (χ1) is 8.99. The van der Waals surface area contributed by atoms with Crippen molar-refractivity contribution >= 4 is 30.9 Å². The topological polar surface area (TPSA) is 88.5 Å². The number of pyridine rings is 1. The molecule has 0 spiro atoms. The number of nitrogens with zero attached hydrogens (tertiary/aromatic N) is 1. The first kappa shape index (κ1) is 18.5. The number of hydrogen-bond acceptors (Lipinski definition) is 4. The molecule has 0 aliphatic carbocycles. The Morgan fingerprint density at radius 1 is 1.45 bits per heavy atom. The normalized spacial score (nSPS) is 11.3. The predicted molar refractivity (Wildman–Crippen MR) is 74.2 cm³/mol. The molecule has 0 fully saturated rings. The zero-order valence-corrected chi connectivity index (χ0v) is 12.0. The Balaban J connectivity index is 0.00000361. The summed E-state index contributed by atoms with van der Waals surface area (Å²) in [4.78, 5) is 26.3. The fraction of sp³-hybridized carbons (Fsp3) is 0.462. The molecule has 1 amide bonds. The summed E-state index contributed by atoms with van der Waals surface area (Å²) in [5, 5.41) is 11.3. The zero-order valence-electron chi connectivity index (χ0n) is 12.0. The summed E-state index contributed by atoms with van der Waals surface area (Å²) >= 11 is 0. The first-order valence-corrected chi connectivity index (χ1v) is 6.04. The molecule has 2 N–H and O–H groups in total. The van der Waals surface area contributed by atoms with Gasteiger partial charge >= 0.3 is 12.1 Å². The molecule has 0 aromatic carbocycles. The van der Waals surface area contributed by atoms with Crippen LogP contribution in [0.1, 0.15) is 25.8 Å². The van der Waals surface area contributed by atoms with Gasteiger partial charge in [0, 0.05) is 36.8 Å². The van der Waals surface area contributed by atoms with Crippen molar-refractivity contribution in [3.63, 3.8) is 0 Å². The van der Waals surface area contributed by atoms with Crippen molar-refractivity contribution in [2.45, 2.75) is 32.9 Å². The number of ether oxygens (including phenoxy) is 1. The average molecular weight is 273 g/mol. The van der Waals surface area contributed by atoms with Gasteiger partial charge in [0.15, 0.2) is 0 Å². The van der Waals surface area contributed by atoms with Gasteiger partial charge in [0.1, 0.15) is 12.6 Å². The fourth-order valence-electron chi connectivity index (χ4n) is 1.51. The maximum atomic E-state index is 11.5. The molecular weight excluding hydrogens is 255 g/mol. The van der Waals surface area contributed by atoms with Gasteiger partial charge in [0.05, 0.1) is 0 Å². The van der Waals surface area contributed by atoms with Gasteiger partial charge in [-0.2, -0.15) is 0 Å². The molecule has 20 heavy (non-hydrogen) atoms. The maximum absolute atomic E-state index is 11.5. The Morgan fingerprint density at radius 2 is 2.15 bits per heavy atom. The van der Waals surface area contributed by atoms with Crippen LogP contribution in [0.15, 0.2) is 24.5 Å². The van der Waals surface area contributed by atoms with Crippen molar-refractivity contribution in [3.8, 4) is 0 Å². The van der Waals surface area contributed by atoms with Crippen LogP contribution < -0.4 is 5.32 Å². The molecule has 1 atom stereocenters. The van der Waals surface area contributed by atoms with Gasteiger partial charge in [-0.3, -0.25) is 4.98 Å². The molecule has 0 unspecified atom stereocenters. The fourth-order valence-corrected chi connectivity index (χ4v) is 1.51. The minimum atomic E-state index is -1.06. The van der Waals surface area contributed by atoms with Gasteiger partial charge in [0.25, 0.3) is 0 Å². The SMILES string of the molecule is CC(C)C[C@H](NC(=O)OCc1cccnc1)C(=O)O.[Li]. The molecular formula is C13H18LiN2O4. The van der Waals surface area contributed by atoms with Crippen molar-refractivity contribution < 1.29 is 19.4 Å². The van der Waals surface area contributed by atoms with E-state index in [1.165, 1.54) is 0 Å². The first-order valence-electron chi connectivity index (χ1n) is 6.04. The van der Waals surface area contributed by atoms with Gasteiger partial charge in [-0.15, -0.1) is 0 Å². The van der Waals surface area contributed by atoms with E-state index < -0.39 is 18.1 Å². The minimum Gasteiger partial charge on any atom is -0.480 e. The maximum Gasteiger partial charge on any atom is 0.408 e. The van der Waals surface area contributed by atoms with Crippen LogP contribution in [-0.2, 0) is 16.1 Å². The summed E-state index contributed by atoms with van der Waals surface area (Å²) in [7, 11) is 0. The molecule has 0 bridgehead atoms. The molecule has 6 nitrogen and oxygen atoms in total. The van der Waals surface area contributed by atoms with Crippen molar-refractivity contribution in [1.82, 2.24) is 10.3 Å². The van der Waals surface area contributed by atoms with E-state index in [1.54, 1.807) is 24.5 Å². The zero-order chi connectivity index (χ0) is 14.3. The molecule has 7 heteroatoms. The van der Waals surface area contributed by atoms with Crippen LogP contribution in [0.5, 0.6) is 0 Å². The molecule has 0 aliphatic rings. The van der Waals surface area contributed by atoms with Crippen molar-refractivity contribution in [3.05, 3.63) is 30.1 Å². The van der Waals surface area contributed by atoms with E-state index >= 15 is 0 Å². The summed E-state index contributed by atoms with van der Waals surface area (Å²) in [5.41, 5.74) is 0.744. The van der Waals surface area contributed by atoms with Crippen LogP contribution in [0.2, 0.25) is 0 Å². The van der Waals surface area contributed by atoms with Crippen LogP contribution in [0.3, 0.4) is 0 Å². The predicted octanol–water partition coefficient (Wildman–Crippen LogP) is 1.43. The van der Waals surface area contributed by atoms with E-state index in [0.717, 1.165) is 5.56 Å². The second-order valence-corrected chi connectivity index (χ2v) is 4.60. The molecule has 1 heterocycles. The molecule has 1 aromatic rings. The number of alkyl carbamates (subject to hydrolysis) is 1. The smallest absolute Gasteiger partial charge is 0.408 e. The molecule has 105 valence electrons. The van der Waals surface area contributed by atoms with Gasteiger partial charge < -0.3 is 15.2 Å². The van der Waals surface area contributed by atoms with E-state index in [1.807, 2.05) is 13.8 Å². The van der Waals surface area contributed by atoms with Gasteiger partial charge in [0.2, 0.25) is 0 Å². The number of carbonyl (C=O) groups is 2. The van der Waals surface area contributed by atoms with Crippen molar-refractivity contribution in [2.24, 2.45) is 5.92 Å². The molecule has 1 radical (unpaired) electrons. The standard InChI is InChI=1S/C13H18N2O4.Li/c1-9(2)6-11(12(16)17)15-13(18)19-8-10-4-3-5-14-7-10;/h3-5,7,9,11H,6,8H2,1-2H3,(H,15,18)(H,16,17);/t11-;/m0./s1. The van der Waals surface area contributed by atoms with Crippen LogP contribution in [0.25, 0.3) is 0 Å². The molecule has 1 aromatic heterocycles. The summed E-state index contributed by atoms with van der Waals surface area (Å²) < 4.78 is 4.94. The number of hydrogen-bond donors (Lipinski definition) is 2. The Hall–Kier alpha value is -1.51. The van der Waals surface area contributed by atoms with E-state index in [0.29, 0.717) is 6.42 Å². The number of aliphatic carboxylic acids is 1. The second kappa shape index (κ2) is 9.40. The van der Waals surface area contributed by atoms with Crippen molar-refractivity contribution in [2.75, 3.05) is 0 Å². The number of aromatic nitrogens is 1. The van der Waals surface area contributed by atoms with Crippen LogP contribution in [0, 0.1) is 5.92 Å². The van der Waals surface area contributed by atoms with E-state index in [9.17, 15) is 9.59 Å². The van der Waals surface area contributed by atoms with Gasteiger partial charge in [-0.25, -0.2) is 9.59 Å². The van der Waals surface area contributed by atoms with E-state index in [-0.39, 0.29) is 31.4 Å². The molecule has 0 saturated carbocycles. The van der Waals surface area contributed by atoms with Gasteiger partial charge in [-0.1, -0.05) is 19.9 Å². The third kappa shape index (κ3) is 7.17. The number of amides is 1. The Bertz CT molecular complexity index is 426. The van der Waals surface area contributed by atoms with Crippen LogP contribution in [0.4, 0.5) is 4.79 Å². The van der Waals surface area contributed by atoms with Crippen LogP contribution in [-0.4, -0.2) is 47.1 Å². The summed E-state index contributed by atoms with van der Waals surface area (Å²) in [6.45, 7) is 3.84. The number of carboxylic acids is 1. The largest absolute Gasteiger partial charge is 0.480 e. The average Bonchev–Trinajstić information content (AvgIpc) is 2.36. The molecule has 0 saturated heterocycles. The van der Waals surface area contributed by atoms with Crippen LogP contribution >= 0.6 is 0 Å².